The van der Waals surface area contributed by atoms with E-state index in [2.05, 4.69) is 0 Å². The van der Waals surface area contributed by atoms with Crippen LogP contribution >= 0.6 is 0 Å². The topological polar surface area (TPSA) is 91.3 Å². The Morgan fingerprint density at radius 3 is 1.16 bits per heavy atom. The number of benzene rings is 5. The average molecular weight is 600 g/mol. The summed E-state index contributed by atoms with van der Waals surface area (Å²) < 4.78 is 35.9. The summed E-state index contributed by atoms with van der Waals surface area (Å²) in [7, 11) is -3.33. The van der Waals surface area contributed by atoms with Crippen molar-refractivity contribution >= 4 is 9.84 Å². The van der Waals surface area contributed by atoms with Gasteiger partial charge in [0.25, 0.3) is 0 Å². The molecule has 0 aliphatic carbocycles. The number of sulfone groups is 1. The maximum absolute atomic E-state index is 12.0. The van der Waals surface area contributed by atoms with Gasteiger partial charge in [-0.2, -0.15) is 0 Å². The molecule has 0 N–H and O–H groups in total. The lowest BCUT2D eigenvalue weighted by atomic mass is 10.1. The minimum absolute atomic E-state index is 0.230. The highest BCUT2D eigenvalue weighted by atomic mass is 32.2. The van der Waals surface area contributed by atoms with Gasteiger partial charge in [0, 0.05) is 22.9 Å². The molecule has 0 amide bonds. The number of hydrogen-bond donors (Lipinski definition) is 0. The van der Waals surface area contributed by atoms with Crippen LogP contribution in [0.3, 0.4) is 0 Å². The first-order valence-electron chi connectivity index (χ1n) is 14.0. The van der Waals surface area contributed by atoms with E-state index < -0.39 is 9.84 Å². The van der Waals surface area contributed by atoms with Crippen molar-refractivity contribution in [3.63, 3.8) is 0 Å². The predicted octanol–water partition coefficient (Wildman–Crippen LogP) is 7.43. The molecule has 0 saturated carbocycles. The molecular weight excluding hydrogens is 570 g/mol. The van der Waals surface area contributed by atoms with Crippen molar-refractivity contribution in [2.45, 2.75) is 18.1 Å². The number of hydrogen-bond acceptors (Lipinski definition) is 7. The Kier molecular flexibility index (Phi) is 8.43. The fraction of sp³-hybridized carbons (Fsp3) is 0.0833. The molecule has 44 heavy (non-hydrogen) atoms. The van der Waals surface area contributed by atoms with Crippen LogP contribution in [0.1, 0.15) is 11.1 Å². The summed E-state index contributed by atoms with van der Waals surface area (Å²) in [6, 6.07) is 41.7. The number of rotatable bonds is 10. The van der Waals surface area contributed by atoms with Gasteiger partial charge >= 0.3 is 0 Å². The molecule has 0 aliphatic rings. The second-order valence-corrected chi connectivity index (χ2v) is 12.2. The molecule has 0 saturated heterocycles. The minimum atomic E-state index is -3.33. The van der Waals surface area contributed by atoms with E-state index in [0.29, 0.717) is 36.3 Å². The first kappa shape index (κ1) is 28.8. The van der Waals surface area contributed by atoms with Crippen LogP contribution in [0.15, 0.2) is 138 Å². The maximum Gasteiger partial charge on any atom is 0.175 e. The average Bonchev–Trinajstić information content (AvgIpc) is 3.07. The fourth-order valence-corrected chi connectivity index (χ4v) is 5.13. The van der Waals surface area contributed by atoms with Crippen molar-refractivity contribution in [1.29, 1.82) is 0 Å². The Bertz CT molecular complexity index is 1840. The van der Waals surface area contributed by atoms with Crippen LogP contribution in [0.2, 0.25) is 0 Å². The molecule has 1 aromatic heterocycles. The first-order chi connectivity index (χ1) is 21.4. The van der Waals surface area contributed by atoms with Crippen LogP contribution in [0.25, 0.3) is 34.2 Å². The molecule has 0 fully saturated rings. The second kappa shape index (κ2) is 12.9. The monoisotopic (exact) mass is 599 g/mol. The van der Waals surface area contributed by atoms with Gasteiger partial charge in [-0.25, -0.2) is 23.4 Å². The normalized spacial score (nSPS) is 11.2. The van der Waals surface area contributed by atoms with E-state index in [4.69, 9.17) is 24.4 Å². The summed E-state index contributed by atoms with van der Waals surface area (Å²) in [5, 5.41) is 0. The Morgan fingerprint density at radius 1 is 0.477 bits per heavy atom. The third-order valence-electron chi connectivity index (χ3n) is 6.90. The molecule has 0 atom stereocenters. The lowest BCUT2D eigenvalue weighted by Crippen LogP contribution is -2.01. The van der Waals surface area contributed by atoms with Gasteiger partial charge in [-0.3, -0.25) is 0 Å². The van der Waals surface area contributed by atoms with Gasteiger partial charge < -0.3 is 9.47 Å². The molecule has 0 unspecified atom stereocenters. The lowest BCUT2D eigenvalue weighted by molar-refractivity contribution is 0.306. The van der Waals surface area contributed by atoms with Gasteiger partial charge in [-0.05, 0) is 83.9 Å². The summed E-state index contributed by atoms with van der Waals surface area (Å²) in [6.45, 7) is 0.934. The van der Waals surface area contributed by atoms with Crippen molar-refractivity contribution in [3.8, 4) is 45.7 Å². The third kappa shape index (κ3) is 7.17. The Labute approximate surface area is 256 Å². The predicted molar refractivity (Wildman–Crippen MR) is 171 cm³/mol. The molecule has 0 radical (unpaired) electrons. The smallest absolute Gasteiger partial charge is 0.175 e. The summed E-state index contributed by atoms with van der Waals surface area (Å²) in [6.07, 6.45) is 1.18. The van der Waals surface area contributed by atoms with E-state index in [1.54, 1.807) is 24.3 Å². The molecule has 5 aromatic carbocycles. The van der Waals surface area contributed by atoms with E-state index in [1.165, 1.54) is 6.26 Å². The quantitative estimate of drug-likeness (QED) is 0.162. The summed E-state index contributed by atoms with van der Waals surface area (Å²) >= 11 is 0. The van der Waals surface area contributed by atoms with Crippen molar-refractivity contribution in [2.24, 2.45) is 0 Å². The zero-order valence-corrected chi connectivity index (χ0v) is 24.8. The maximum atomic E-state index is 12.0. The molecule has 1 heterocycles. The molecule has 7 nitrogen and oxygen atoms in total. The molecule has 0 bridgehead atoms. The SMILES string of the molecule is CS(=O)(=O)c1ccc(-c2nc(-c3ccc(OCc4ccccc4)cc3)nc(-c3ccc(OCc4ccccc4)cc3)n2)cc1. The highest BCUT2D eigenvalue weighted by Crippen LogP contribution is 2.28. The standard InChI is InChI=1S/C36H29N3O4S/c1-44(40,41)33-22-16-30(17-23-33)36-38-34(28-12-18-31(19-13-28)42-24-26-8-4-2-5-9-26)37-35(39-36)29-14-20-32(21-15-29)43-25-27-10-6-3-7-11-27/h2-23H,24-25H2,1H3. The van der Waals surface area contributed by atoms with Crippen LogP contribution < -0.4 is 9.47 Å². The second-order valence-electron chi connectivity index (χ2n) is 10.2. The molecule has 218 valence electrons. The largest absolute Gasteiger partial charge is 0.489 e. The lowest BCUT2D eigenvalue weighted by Gasteiger charge is -2.11. The summed E-state index contributed by atoms with van der Waals surface area (Å²) in [5.74, 6) is 2.86. The van der Waals surface area contributed by atoms with Gasteiger partial charge in [-0.1, -0.05) is 60.7 Å². The number of ether oxygens (including phenoxy) is 2. The molecule has 0 aliphatic heterocycles. The Hall–Kier alpha value is -5.34. The van der Waals surface area contributed by atoms with Crippen LogP contribution in [0.4, 0.5) is 0 Å². The summed E-state index contributed by atoms with van der Waals surface area (Å²) in [5.41, 5.74) is 4.42. The highest BCUT2D eigenvalue weighted by Gasteiger charge is 2.14. The fourth-order valence-electron chi connectivity index (χ4n) is 4.50. The zero-order chi connectivity index (χ0) is 30.4. The van der Waals surface area contributed by atoms with E-state index in [1.807, 2.05) is 109 Å². The van der Waals surface area contributed by atoms with Gasteiger partial charge in [-0.15, -0.1) is 0 Å². The molecule has 6 aromatic rings. The van der Waals surface area contributed by atoms with E-state index in [-0.39, 0.29) is 4.90 Å². The molecule has 8 heteroatoms. The first-order valence-corrected chi connectivity index (χ1v) is 15.9. The van der Waals surface area contributed by atoms with Crippen molar-refractivity contribution in [2.75, 3.05) is 6.26 Å². The van der Waals surface area contributed by atoms with Gasteiger partial charge in [0.15, 0.2) is 27.3 Å². The van der Waals surface area contributed by atoms with E-state index >= 15 is 0 Å². The Morgan fingerprint density at radius 2 is 0.818 bits per heavy atom. The van der Waals surface area contributed by atoms with Crippen LogP contribution in [-0.4, -0.2) is 29.6 Å². The highest BCUT2D eigenvalue weighted by molar-refractivity contribution is 7.90. The number of aromatic nitrogens is 3. The van der Waals surface area contributed by atoms with E-state index in [0.717, 1.165) is 33.8 Å². The Balaban J connectivity index is 1.29. The molecule has 0 spiro atoms. The van der Waals surface area contributed by atoms with E-state index in [9.17, 15) is 8.42 Å². The summed E-state index contributed by atoms with van der Waals surface area (Å²) in [4.78, 5) is 14.5. The van der Waals surface area contributed by atoms with Gasteiger partial charge in [0.2, 0.25) is 0 Å². The van der Waals surface area contributed by atoms with Crippen LogP contribution in [-0.2, 0) is 23.1 Å². The van der Waals surface area contributed by atoms with Crippen LogP contribution in [0.5, 0.6) is 11.5 Å². The van der Waals surface area contributed by atoms with Crippen molar-refractivity contribution in [3.05, 3.63) is 145 Å². The van der Waals surface area contributed by atoms with Crippen molar-refractivity contribution < 1.29 is 17.9 Å². The molecule has 6 rings (SSSR count). The van der Waals surface area contributed by atoms with Gasteiger partial charge in [0.1, 0.15) is 24.7 Å². The van der Waals surface area contributed by atoms with Crippen LogP contribution in [0, 0.1) is 0 Å². The number of nitrogens with zero attached hydrogens (tertiary/aromatic N) is 3. The van der Waals surface area contributed by atoms with Gasteiger partial charge in [0.05, 0.1) is 4.90 Å². The molecular formula is C36H29N3O4S. The van der Waals surface area contributed by atoms with Crippen molar-refractivity contribution in [1.82, 2.24) is 15.0 Å². The minimum Gasteiger partial charge on any atom is -0.489 e. The third-order valence-corrected chi connectivity index (χ3v) is 8.03. The zero-order valence-electron chi connectivity index (χ0n) is 24.0.